The van der Waals surface area contributed by atoms with Crippen molar-refractivity contribution in [3.8, 4) is 0 Å². The molecule has 0 bridgehead atoms. The van der Waals surface area contributed by atoms with Gasteiger partial charge < -0.3 is 9.84 Å². The first-order valence-corrected chi connectivity index (χ1v) is 7.86. The molecule has 2 rings (SSSR count). The van der Waals surface area contributed by atoms with Crippen molar-refractivity contribution in [3.63, 3.8) is 0 Å². The summed E-state index contributed by atoms with van der Waals surface area (Å²) >= 11 is 0. The Bertz CT molecular complexity index is 490. The molecule has 1 N–H and O–H groups in total. The zero-order valence-electron chi connectivity index (χ0n) is 12.7. The number of aliphatic hydroxyl groups is 1. The number of aliphatic hydroxyl groups excluding tert-OH is 1. The molecule has 0 amide bonds. The lowest BCUT2D eigenvalue weighted by molar-refractivity contribution is -0.140. The van der Waals surface area contributed by atoms with Crippen molar-refractivity contribution in [1.29, 1.82) is 0 Å². The number of hydrogen-bond donors (Lipinski definition) is 1. The molecule has 1 unspecified atom stereocenters. The molecule has 3 nitrogen and oxygen atoms in total. The number of hydrogen-bond acceptors (Lipinski definition) is 3. The van der Waals surface area contributed by atoms with Crippen LogP contribution in [0.1, 0.15) is 57.1 Å². The summed E-state index contributed by atoms with van der Waals surface area (Å²) in [4.78, 5) is 12.1. The summed E-state index contributed by atoms with van der Waals surface area (Å²) in [6.07, 6.45) is 5.65. The van der Waals surface area contributed by atoms with Crippen LogP contribution in [0.25, 0.3) is 0 Å². The molecule has 0 fully saturated rings. The van der Waals surface area contributed by atoms with E-state index in [1.54, 1.807) is 0 Å². The average Bonchev–Trinajstić information content (AvgIpc) is 2.82. The lowest BCUT2D eigenvalue weighted by atomic mass is 9.93. The fourth-order valence-electron chi connectivity index (χ4n) is 2.83. The Hall–Kier alpha value is -1.61. The fraction of sp³-hybridized carbons (Fsp3) is 0.500. The third-order valence-electron chi connectivity index (χ3n) is 3.94. The van der Waals surface area contributed by atoms with Crippen LogP contribution >= 0.6 is 0 Å². The number of cyclic esters (lactones) is 1. The van der Waals surface area contributed by atoms with Crippen LogP contribution in [-0.4, -0.2) is 17.7 Å². The van der Waals surface area contributed by atoms with Crippen LogP contribution in [0.5, 0.6) is 0 Å². The topological polar surface area (TPSA) is 46.5 Å². The molecule has 1 aromatic carbocycles. The van der Waals surface area contributed by atoms with E-state index in [2.05, 4.69) is 6.92 Å². The molecule has 0 spiro atoms. The van der Waals surface area contributed by atoms with E-state index in [1.165, 1.54) is 19.3 Å². The molecule has 0 saturated carbocycles. The van der Waals surface area contributed by atoms with E-state index < -0.39 is 0 Å². The minimum Gasteiger partial charge on any atom is -0.450 e. The second kappa shape index (κ2) is 7.99. The summed E-state index contributed by atoms with van der Waals surface area (Å²) in [6.45, 7) is 2.18. The normalized spacial score (nSPS) is 18.2. The summed E-state index contributed by atoms with van der Waals surface area (Å²) in [5.74, 6) is -0.261. The van der Waals surface area contributed by atoms with Gasteiger partial charge in [-0.05, 0) is 24.0 Å². The van der Waals surface area contributed by atoms with Crippen LogP contribution in [0.4, 0.5) is 0 Å². The van der Waals surface area contributed by atoms with Crippen molar-refractivity contribution in [1.82, 2.24) is 0 Å². The van der Waals surface area contributed by atoms with Crippen LogP contribution < -0.4 is 0 Å². The van der Waals surface area contributed by atoms with Gasteiger partial charge in [-0.15, -0.1) is 0 Å². The van der Waals surface area contributed by atoms with Gasteiger partial charge in [0, 0.05) is 18.6 Å². The standard InChI is InChI=1S/C18H24O3/c1-2-3-4-8-11-15-16(12-13-19)18(20)21-17(15)14-9-6-5-7-10-14/h5-7,9-10,17,19H,2-4,8,11-13H2,1H3. The summed E-state index contributed by atoms with van der Waals surface area (Å²) in [5, 5.41) is 9.19. The summed E-state index contributed by atoms with van der Waals surface area (Å²) in [5.41, 5.74) is 2.77. The van der Waals surface area contributed by atoms with E-state index >= 15 is 0 Å². The van der Waals surface area contributed by atoms with E-state index in [1.807, 2.05) is 30.3 Å². The molecular formula is C18H24O3. The summed E-state index contributed by atoms with van der Waals surface area (Å²) in [7, 11) is 0. The van der Waals surface area contributed by atoms with Gasteiger partial charge >= 0.3 is 5.97 Å². The highest BCUT2D eigenvalue weighted by Gasteiger charge is 2.33. The maximum Gasteiger partial charge on any atom is 0.335 e. The Balaban J connectivity index is 2.17. The van der Waals surface area contributed by atoms with Gasteiger partial charge in [-0.1, -0.05) is 56.5 Å². The number of ether oxygens (including phenoxy) is 1. The van der Waals surface area contributed by atoms with Crippen molar-refractivity contribution in [2.75, 3.05) is 6.61 Å². The first-order chi connectivity index (χ1) is 10.3. The predicted octanol–water partition coefficient (Wildman–Crippen LogP) is 3.93. The molecule has 1 heterocycles. The molecular weight excluding hydrogens is 264 g/mol. The number of rotatable bonds is 8. The second-order valence-corrected chi connectivity index (χ2v) is 5.48. The van der Waals surface area contributed by atoms with Gasteiger partial charge in [0.15, 0.2) is 0 Å². The van der Waals surface area contributed by atoms with Gasteiger partial charge in [-0.25, -0.2) is 4.79 Å². The zero-order chi connectivity index (χ0) is 15.1. The third-order valence-corrected chi connectivity index (χ3v) is 3.94. The van der Waals surface area contributed by atoms with E-state index in [0.717, 1.165) is 24.0 Å². The van der Waals surface area contributed by atoms with Gasteiger partial charge in [0.2, 0.25) is 0 Å². The molecule has 0 aliphatic carbocycles. The maximum atomic E-state index is 12.1. The number of carbonyl (C=O) groups excluding carboxylic acids is 1. The molecule has 0 aromatic heterocycles. The molecule has 0 radical (unpaired) electrons. The van der Waals surface area contributed by atoms with Gasteiger partial charge in [-0.2, -0.15) is 0 Å². The van der Waals surface area contributed by atoms with Gasteiger partial charge in [0.05, 0.1) is 0 Å². The molecule has 3 heteroatoms. The summed E-state index contributed by atoms with van der Waals surface area (Å²) < 4.78 is 5.56. The van der Waals surface area contributed by atoms with Crippen LogP contribution in [0.2, 0.25) is 0 Å². The highest BCUT2D eigenvalue weighted by molar-refractivity contribution is 5.92. The minimum atomic E-state index is -0.262. The number of esters is 1. The molecule has 21 heavy (non-hydrogen) atoms. The van der Waals surface area contributed by atoms with Crippen LogP contribution in [-0.2, 0) is 9.53 Å². The number of benzene rings is 1. The van der Waals surface area contributed by atoms with Crippen LogP contribution in [0.15, 0.2) is 41.5 Å². The SMILES string of the molecule is CCCCCCC1=C(CCO)C(=O)OC1c1ccccc1. The lowest BCUT2D eigenvalue weighted by Crippen LogP contribution is -2.03. The fourth-order valence-corrected chi connectivity index (χ4v) is 2.83. The number of carbonyl (C=O) groups is 1. The van der Waals surface area contributed by atoms with E-state index in [-0.39, 0.29) is 18.7 Å². The minimum absolute atomic E-state index is 0.00952. The Morgan fingerprint density at radius 3 is 2.52 bits per heavy atom. The quantitative estimate of drug-likeness (QED) is 0.582. The zero-order valence-corrected chi connectivity index (χ0v) is 12.7. The molecule has 1 atom stereocenters. The van der Waals surface area contributed by atoms with Crippen LogP contribution in [0.3, 0.4) is 0 Å². The molecule has 1 aliphatic rings. The van der Waals surface area contributed by atoms with Gasteiger partial charge in [0.25, 0.3) is 0 Å². The first kappa shape index (κ1) is 15.8. The van der Waals surface area contributed by atoms with Crippen molar-refractivity contribution in [2.24, 2.45) is 0 Å². The van der Waals surface area contributed by atoms with E-state index in [0.29, 0.717) is 12.0 Å². The van der Waals surface area contributed by atoms with Gasteiger partial charge in [-0.3, -0.25) is 0 Å². The van der Waals surface area contributed by atoms with E-state index in [4.69, 9.17) is 4.74 Å². The Morgan fingerprint density at radius 1 is 1.10 bits per heavy atom. The Labute approximate surface area is 126 Å². The highest BCUT2D eigenvalue weighted by Crippen LogP contribution is 2.39. The number of unbranched alkanes of at least 4 members (excludes halogenated alkanes) is 3. The Morgan fingerprint density at radius 2 is 1.86 bits per heavy atom. The van der Waals surface area contributed by atoms with Crippen molar-refractivity contribution in [3.05, 3.63) is 47.0 Å². The van der Waals surface area contributed by atoms with Gasteiger partial charge in [0.1, 0.15) is 6.10 Å². The second-order valence-electron chi connectivity index (χ2n) is 5.48. The smallest absolute Gasteiger partial charge is 0.335 e. The predicted molar refractivity (Wildman–Crippen MR) is 82.8 cm³/mol. The summed E-state index contributed by atoms with van der Waals surface area (Å²) in [6, 6.07) is 9.86. The maximum absolute atomic E-state index is 12.1. The highest BCUT2D eigenvalue weighted by atomic mass is 16.5. The lowest BCUT2D eigenvalue weighted by Gasteiger charge is -2.15. The largest absolute Gasteiger partial charge is 0.450 e. The van der Waals surface area contributed by atoms with Crippen molar-refractivity contribution < 1.29 is 14.6 Å². The van der Waals surface area contributed by atoms with Crippen LogP contribution in [0, 0.1) is 0 Å². The molecule has 1 aliphatic heterocycles. The third kappa shape index (κ3) is 3.94. The van der Waals surface area contributed by atoms with E-state index in [9.17, 15) is 9.90 Å². The van der Waals surface area contributed by atoms with Crippen molar-refractivity contribution >= 4 is 5.97 Å². The molecule has 1 aromatic rings. The molecule has 0 saturated heterocycles. The monoisotopic (exact) mass is 288 g/mol. The Kier molecular flexibility index (Phi) is 6.00. The molecule has 114 valence electrons. The average molecular weight is 288 g/mol. The van der Waals surface area contributed by atoms with Crippen molar-refractivity contribution in [2.45, 2.75) is 51.6 Å². The first-order valence-electron chi connectivity index (χ1n) is 7.86.